The second kappa shape index (κ2) is 7.02. The minimum atomic E-state index is 0.233. The van der Waals surface area contributed by atoms with Crippen LogP contribution in [0.4, 0.5) is 0 Å². The first-order valence-corrected chi connectivity index (χ1v) is 6.51. The second-order valence-electron chi connectivity index (χ2n) is 4.56. The number of methoxy groups -OCH3 is 1. The molecule has 19 heavy (non-hydrogen) atoms. The number of hydrogen-bond acceptors (Lipinski definition) is 3. The number of pyridine rings is 1. The summed E-state index contributed by atoms with van der Waals surface area (Å²) in [6.45, 7) is 3.59. The third-order valence-electron chi connectivity index (χ3n) is 3.15. The molecular weight excluding hydrogens is 236 g/mol. The van der Waals surface area contributed by atoms with Gasteiger partial charge in [0.25, 0.3) is 0 Å². The molecule has 0 fully saturated rings. The number of rotatable bonds is 6. The molecular formula is C16H20N2O. The van der Waals surface area contributed by atoms with Crippen LogP contribution in [0.5, 0.6) is 0 Å². The molecule has 3 nitrogen and oxygen atoms in total. The van der Waals surface area contributed by atoms with Crippen molar-refractivity contribution in [3.63, 3.8) is 0 Å². The van der Waals surface area contributed by atoms with Crippen LogP contribution in [-0.2, 0) is 17.9 Å². The van der Waals surface area contributed by atoms with Crippen molar-refractivity contribution in [1.82, 2.24) is 10.3 Å². The van der Waals surface area contributed by atoms with E-state index in [1.807, 2.05) is 30.5 Å². The quantitative estimate of drug-likeness (QED) is 0.862. The van der Waals surface area contributed by atoms with E-state index < -0.39 is 0 Å². The molecule has 1 atom stereocenters. The SMILES string of the molecule is COCc1ccccc1CN[C@@H](C)c1ccccn1. The minimum absolute atomic E-state index is 0.233. The predicted molar refractivity (Wildman–Crippen MR) is 76.6 cm³/mol. The molecule has 0 radical (unpaired) electrons. The van der Waals surface area contributed by atoms with Gasteiger partial charge in [0.15, 0.2) is 0 Å². The third kappa shape index (κ3) is 3.88. The molecule has 0 unspecified atom stereocenters. The van der Waals surface area contributed by atoms with Crippen LogP contribution >= 0.6 is 0 Å². The van der Waals surface area contributed by atoms with Gasteiger partial charge in [-0.25, -0.2) is 0 Å². The molecule has 0 aliphatic heterocycles. The van der Waals surface area contributed by atoms with E-state index in [0.717, 1.165) is 12.2 Å². The molecule has 0 amide bonds. The summed E-state index contributed by atoms with van der Waals surface area (Å²) in [4.78, 5) is 4.36. The summed E-state index contributed by atoms with van der Waals surface area (Å²) in [5, 5.41) is 3.50. The van der Waals surface area contributed by atoms with Crippen molar-refractivity contribution in [2.45, 2.75) is 26.1 Å². The van der Waals surface area contributed by atoms with Crippen LogP contribution in [0.25, 0.3) is 0 Å². The standard InChI is InChI=1S/C16H20N2O/c1-13(16-9-5-6-10-17-16)18-11-14-7-3-4-8-15(14)12-19-2/h3-10,13,18H,11-12H2,1-2H3/t13-/m0/s1. The Balaban J connectivity index is 1.99. The van der Waals surface area contributed by atoms with Gasteiger partial charge in [0.1, 0.15) is 0 Å². The van der Waals surface area contributed by atoms with Crippen LogP contribution in [0.15, 0.2) is 48.7 Å². The van der Waals surface area contributed by atoms with Crippen molar-refractivity contribution in [1.29, 1.82) is 0 Å². The van der Waals surface area contributed by atoms with Gasteiger partial charge in [-0.15, -0.1) is 0 Å². The van der Waals surface area contributed by atoms with E-state index in [4.69, 9.17) is 4.74 Å². The first-order valence-electron chi connectivity index (χ1n) is 6.51. The average molecular weight is 256 g/mol. The van der Waals surface area contributed by atoms with E-state index in [0.29, 0.717) is 6.61 Å². The molecule has 0 aliphatic carbocycles. The Morgan fingerprint density at radius 3 is 2.53 bits per heavy atom. The van der Waals surface area contributed by atoms with Gasteiger partial charge < -0.3 is 10.1 Å². The van der Waals surface area contributed by atoms with E-state index in [9.17, 15) is 0 Å². The molecule has 1 aromatic heterocycles. The Morgan fingerprint density at radius 1 is 1.11 bits per heavy atom. The fraction of sp³-hybridized carbons (Fsp3) is 0.312. The molecule has 0 saturated carbocycles. The van der Waals surface area contributed by atoms with Crippen molar-refractivity contribution in [2.24, 2.45) is 0 Å². The number of aromatic nitrogens is 1. The highest BCUT2D eigenvalue weighted by molar-refractivity contribution is 5.26. The van der Waals surface area contributed by atoms with Gasteiger partial charge in [0.2, 0.25) is 0 Å². The van der Waals surface area contributed by atoms with Crippen LogP contribution in [0.3, 0.4) is 0 Å². The molecule has 3 heteroatoms. The molecule has 0 aliphatic rings. The Bertz CT molecular complexity index is 499. The lowest BCUT2D eigenvalue weighted by molar-refractivity contribution is 0.184. The highest BCUT2D eigenvalue weighted by atomic mass is 16.5. The van der Waals surface area contributed by atoms with Gasteiger partial charge in [-0.05, 0) is 30.2 Å². The van der Waals surface area contributed by atoms with Crippen LogP contribution in [0.1, 0.15) is 29.8 Å². The second-order valence-corrected chi connectivity index (χ2v) is 4.56. The number of ether oxygens (including phenoxy) is 1. The Kier molecular flexibility index (Phi) is 5.07. The average Bonchev–Trinajstić information content (AvgIpc) is 2.47. The van der Waals surface area contributed by atoms with Gasteiger partial charge in [0, 0.05) is 25.9 Å². The normalized spacial score (nSPS) is 12.3. The summed E-state index contributed by atoms with van der Waals surface area (Å²) in [5.41, 5.74) is 3.56. The van der Waals surface area contributed by atoms with Crippen molar-refractivity contribution in [3.05, 3.63) is 65.5 Å². The number of benzene rings is 1. The largest absolute Gasteiger partial charge is 0.380 e. The van der Waals surface area contributed by atoms with Crippen molar-refractivity contribution < 1.29 is 4.74 Å². The van der Waals surface area contributed by atoms with Crippen molar-refractivity contribution in [2.75, 3.05) is 7.11 Å². The lowest BCUT2D eigenvalue weighted by atomic mass is 10.1. The minimum Gasteiger partial charge on any atom is -0.380 e. The van der Waals surface area contributed by atoms with E-state index in [1.54, 1.807) is 7.11 Å². The maximum atomic E-state index is 5.22. The summed E-state index contributed by atoms with van der Waals surface area (Å²) >= 11 is 0. The summed E-state index contributed by atoms with van der Waals surface area (Å²) in [6, 6.07) is 14.6. The molecule has 1 N–H and O–H groups in total. The first kappa shape index (κ1) is 13.7. The van der Waals surface area contributed by atoms with Gasteiger partial charge >= 0.3 is 0 Å². The van der Waals surface area contributed by atoms with E-state index in [1.165, 1.54) is 11.1 Å². The van der Waals surface area contributed by atoms with Gasteiger partial charge in [0.05, 0.1) is 12.3 Å². The molecule has 2 aromatic rings. The maximum Gasteiger partial charge on any atom is 0.0716 e. The molecule has 0 bridgehead atoms. The smallest absolute Gasteiger partial charge is 0.0716 e. The number of nitrogens with zero attached hydrogens (tertiary/aromatic N) is 1. The highest BCUT2D eigenvalue weighted by Gasteiger charge is 2.07. The third-order valence-corrected chi connectivity index (χ3v) is 3.15. The number of hydrogen-bond donors (Lipinski definition) is 1. The first-order chi connectivity index (χ1) is 9.31. The summed E-state index contributed by atoms with van der Waals surface area (Å²) in [5.74, 6) is 0. The lowest BCUT2D eigenvalue weighted by Crippen LogP contribution is -2.19. The zero-order valence-electron chi connectivity index (χ0n) is 11.5. The fourth-order valence-electron chi connectivity index (χ4n) is 2.03. The Labute approximate surface area is 114 Å². The molecule has 1 heterocycles. The highest BCUT2D eigenvalue weighted by Crippen LogP contribution is 2.13. The van der Waals surface area contributed by atoms with Crippen LogP contribution < -0.4 is 5.32 Å². The topological polar surface area (TPSA) is 34.1 Å². The predicted octanol–water partition coefficient (Wildman–Crippen LogP) is 3.08. The van der Waals surface area contributed by atoms with Crippen molar-refractivity contribution >= 4 is 0 Å². The molecule has 2 rings (SSSR count). The zero-order chi connectivity index (χ0) is 13.5. The van der Waals surface area contributed by atoms with E-state index in [2.05, 4.69) is 35.4 Å². The van der Waals surface area contributed by atoms with Crippen LogP contribution in [-0.4, -0.2) is 12.1 Å². The van der Waals surface area contributed by atoms with E-state index >= 15 is 0 Å². The molecule has 0 saturated heterocycles. The molecule has 0 spiro atoms. The summed E-state index contributed by atoms with van der Waals surface area (Å²) < 4.78 is 5.22. The molecule has 100 valence electrons. The van der Waals surface area contributed by atoms with Crippen LogP contribution in [0.2, 0.25) is 0 Å². The van der Waals surface area contributed by atoms with E-state index in [-0.39, 0.29) is 6.04 Å². The zero-order valence-corrected chi connectivity index (χ0v) is 11.5. The maximum absolute atomic E-state index is 5.22. The van der Waals surface area contributed by atoms with Gasteiger partial charge in [-0.1, -0.05) is 30.3 Å². The van der Waals surface area contributed by atoms with Gasteiger partial charge in [-0.3, -0.25) is 4.98 Å². The van der Waals surface area contributed by atoms with Gasteiger partial charge in [-0.2, -0.15) is 0 Å². The Hall–Kier alpha value is -1.71. The molecule has 1 aromatic carbocycles. The lowest BCUT2D eigenvalue weighted by Gasteiger charge is -2.15. The summed E-state index contributed by atoms with van der Waals surface area (Å²) in [7, 11) is 1.72. The Morgan fingerprint density at radius 2 is 1.84 bits per heavy atom. The van der Waals surface area contributed by atoms with Crippen molar-refractivity contribution in [3.8, 4) is 0 Å². The number of nitrogens with one attached hydrogen (secondary N) is 1. The van der Waals surface area contributed by atoms with Crippen LogP contribution in [0, 0.1) is 0 Å². The fourth-order valence-corrected chi connectivity index (χ4v) is 2.03. The summed E-state index contributed by atoms with van der Waals surface area (Å²) in [6.07, 6.45) is 1.83. The monoisotopic (exact) mass is 256 g/mol.